The smallest absolute Gasteiger partial charge is 0.409 e. The van der Waals surface area contributed by atoms with Crippen molar-refractivity contribution in [2.45, 2.75) is 13.3 Å². The Labute approximate surface area is 179 Å². The Kier molecular flexibility index (Phi) is 5.41. The zero-order chi connectivity index (χ0) is 22.0. The topological polar surface area (TPSA) is 86.9 Å². The summed E-state index contributed by atoms with van der Waals surface area (Å²) in [5, 5.41) is 11.2. The molecule has 0 fully saturated rings. The summed E-state index contributed by atoms with van der Waals surface area (Å²) in [5.74, 6) is -0.115. The number of pyridine rings is 1. The van der Waals surface area contributed by atoms with Crippen LogP contribution in [-0.2, 0) is 6.42 Å². The van der Waals surface area contributed by atoms with Crippen LogP contribution in [0, 0.1) is 0 Å². The highest BCUT2D eigenvalue weighted by atomic mass is 16.4. The summed E-state index contributed by atoms with van der Waals surface area (Å²) in [5.41, 5.74) is 5.42. The second kappa shape index (κ2) is 8.31. The fraction of sp³-hybridized carbons (Fsp3) is 0.125. The molecule has 0 bridgehead atoms. The summed E-state index contributed by atoms with van der Waals surface area (Å²) >= 11 is 0. The molecule has 0 aliphatic heterocycles. The van der Waals surface area contributed by atoms with E-state index in [1.54, 1.807) is 42.5 Å². The van der Waals surface area contributed by atoms with Crippen molar-refractivity contribution in [3.05, 3.63) is 84.2 Å². The molecule has 0 saturated carbocycles. The minimum absolute atomic E-state index is 0.115. The number of hydrogen-bond donors (Lipinski definition) is 2. The molecule has 156 valence electrons. The van der Waals surface area contributed by atoms with E-state index in [4.69, 9.17) is 5.11 Å². The molecule has 0 spiro atoms. The van der Waals surface area contributed by atoms with Gasteiger partial charge in [-0.15, -0.1) is 0 Å². The Hall–Kier alpha value is -4.13. The number of amides is 2. The summed E-state index contributed by atoms with van der Waals surface area (Å²) < 4.78 is 1.86. The minimum Gasteiger partial charge on any atom is -0.465 e. The lowest BCUT2D eigenvalue weighted by molar-refractivity contribution is 0.0992. The average Bonchev–Trinajstić information content (AvgIpc) is 3.21. The number of aryl methyl sites for hydroxylation is 1. The normalized spacial score (nSPS) is 10.8. The number of rotatable bonds is 5. The van der Waals surface area contributed by atoms with Gasteiger partial charge in [0.1, 0.15) is 5.65 Å². The van der Waals surface area contributed by atoms with E-state index in [9.17, 15) is 9.59 Å². The van der Waals surface area contributed by atoms with Gasteiger partial charge < -0.3 is 10.0 Å². The molecular weight excluding hydrogens is 392 g/mol. The van der Waals surface area contributed by atoms with Gasteiger partial charge >= 0.3 is 6.09 Å². The van der Waals surface area contributed by atoms with Gasteiger partial charge in [-0.05, 0) is 48.4 Å². The third kappa shape index (κ3) is 4.11. The molecule has 7 nitrogen and oxygen atoms in total. The van der Waals surface area contributed by atoms with Crippen molar-refractivity contribution in [2.75, 3.05) is 17.3 Å². The van der Waals surface area contributed by atoms with Gasteiger partial charge in [0.25, 0.3) is 5.91 Å². The molecule has 2 heterocycles. The molecule has 4 aromatic rings. The molecule has 4 rings (SSSR count). The van der Waals surface area contributed by atoms with Gasteiger partial charge in [-0.3, -0.25) is 14.5 Å². The van der Waals surface area contributed by atoms with Crippen molar-refractivity contribution in [2.24, 2.45) is 0 Å². The average molecular weight is 414 g/mol. The van der Waals surface area contributed by atoms with Crippen LogP contribution in [0.25, 0.3) is 16.9 Å². The van der Waals surface area contributed by atoms with E-state index in [1.807, 2.05) is 46.9 Å². The number of carboxylic acid groups (broad SMARTS) is 1. The maximum Gasteiger partial charge on any atom is 0.409 e. The largest absolute Gasteiger partial charge is 0.465 e. The predicted octanol–water partition coefficient (Wildman–Crippen LogP) is 4.93. The van der Waals surface area contributed by atoms with Gasteiger partial charge in [0.2, 0.25) is 0 Å². The van der Waals surface area contributed by atoms with Gasteiger partial charge in [0.05, 0.1) is 17.5 Å². The number of aromatic nitrogens is 2. The third-order valence-electron chi connectivity index (χ3n) is 5.20. The van der Waals surface area contributed by atoms with Crippen LogP contribution in [-0.4, -0.2) is 33.5 Å². The second-order valence-electron chi connectivity index (χ2n) is 7.18. The number of carbonyl (C=O) groups is 2. The number of imidazole rings is 1. The zero-order valence-corrected chi connectivity index (χ0v) is 17.2. The van der Waals surface area contributed by atoms with E-state index < -0.39 is 6.09 Å². The van der Waals surface area contributed by atoms with E-state index in [2.05, 4.69) is 17.2 Å². The SMILES string of the molecule is CCc1cccc(N(C)C(=O)c2ccc3ncc(-c4ccc(NC(=O)O)cc4)n3c2)c1. The highest BCUT2D eigenvalue weighted by Crippen LogP contribution is 2.24. The predicted molar refractivity (Wildman–Crippen MR) is 121 cm³/mol. The van der Waals surface area contributed by atoms with Crippen LogP contribution >= 0.6 is 0 Å². The molecule has 0 unspecified atom stereocenters. The first-order valence-electron chi connectivity index (χ1n) is 9.90. The molecule has 7 heteroatoms. The molecule has 2 aromatic heterocycles. The number of benzene rings is 2. The van der Waals surface area contributed by atoms with Crippen molar-refractivity contribution in [1.82, 2.24) is 9.38 Å². The molecular formula is C24H22N4O3. The molecule has 0 aliphatic carbocycles. The summed E-state index contributed by atoms with van der Waals surface area (Å²) in [7, 11) is 1.77. The van der Waals surface area contributed by atoms with Crippen molar-refractivity contribution < 1.29 is 14.7 Å². The lowest BCUT2D eigenvalue weighted by atomic mass is 10.1. The van der Waals surface area contributed by atoms with E-state index in [-0.39, 0.29) is 5.91 Å². The number of nitrogens with one attached hydrogen (secondary N) is 1. The Balaban J connectivity index is 1.66. The second-order valence-corrected chi connectivity index (χ2v) is 7.18. The van der Waals surface area contributed by atoms with Crippen LogP contribution in [0.2, 0.25) is 0 Å². The van der Waals surface area contributed by atoms with Crippen molar-refractivity contribution in [3.8, 4) is 11.3 Å². The summed E-state index contributed by atoms with van der Waals surface area (Å²) in [6, 6.07) is 18.5. The Morgan fingerprint density at radius 3 is 2.58 bits per heavy atom. The summed E-state index contributed by atoms with van der Waals surface area (Å²) in [6.45, 7) is 2.08. The molecule has 2 amide bonds. The van der Waals surface area contributed by atoms with Gasteiger partial charge in [-0.25, -0.2) is 9.78 Å². The van der Waals surface area contributed by atoms with Crippen LogP contribution in [0.1, 0.15) is 22.8 Å². The molecule has 0 aliphatic rings. The minimum atomic E-state index is -1.11. The van der Waals surface area contributed by atoms with E-state index in [0.717, 1.165) is 29.0 Å². The molecule has 0 saturated heterocycles. The number of anilines is 2. The quantitative estimate of drug-likeness (QED) is 0.485. The maximum atomic E-state index is 13.1. The molecule has 31 heavy (non-hydrogen) atoms. The van der Waals surface area contributed by atoms with Crippen molar-refractivity contribution in [3.63, 3.8) is 0 Å². The van der Waals surface area contributed by atoms with Crippen LogP contribution in [0.15, 0.2) is 73.1 Å². The van der Waals surface area contributed by atoms with Gasteiger partial charge in [-0.2, -0.15) is 0 Å². The lowest BCUT2D eigenvalue weighted by Gasteiger charge is -2.18. The standard InChI is InChI=1S/C24H22N4O3/c1-3-16-5-4-6-20(13-16)27(2)23(29)18-9-12-22-25-14-21(28(22)15-18)17-7-10-19(11-8-17)26-24(30)31/h4-15,26H,3H2,1-2H3,(H,30,31). The number of carbonyl (C=O) groups excluding carboxylic acids is 1. The Morgan fingerprint density at radius 2 is 1.87 bits per heavy atom. The Morgan fingerprint density at radius 1 is 1.10 bits per heavy atom. The highest BCUT2D eigenvalue weighted by molar-refractivity contribution is 6.05. The fourth-order valence-electron chi connectivity index (χ4n) is 3.46. The number of hydrogen-bond acceptors (Lipinski definition) is 3. The van der Waals surface area contributed by atoms with E-state index in [1.165, 1.54) is 5.56 Å². The van der Waals surface area contributed by atoms with Crippen LogP contribution in [0.4, 0.5) is 16.2 Å². The van der Waals surface area contributed by atoms with Crippen LogP contribution < -0.4 is 10.2 Å². The maximum absolute atomic E-state index is 13.1. The van der Waals surface area contributed by atoms with Crippen molar-refractivity contribution >= 4 is 29.0 Å². The molecule has 0 radical (unpaired) electrons. The zero-order valence-electron chi connectivity index (χ0n) is 17.2. The monoisotopic (exact) mass is 414 g/mol. The first-order chi connectivity index (χ1) is 15.0. The highest BCUT2D eigenvalue weighted by Gasteiger charge is 2.16. The van der Waals surface area contributed by atoms with Gasteiger partial charge in [0.15, 0.2) is 0 Å². The van der Waals surface area contributed by atoms with E-state index >= 15 is 0 Å². The number of fused-ring (bicyclic) bond motifs is 1. The molecule has 2 N–H and O–H groups in total. The third-order valence-corrected chi connectivity index (χ3v) is 5.20. The fourth-order valence-corrected chi connectivity index (χ4v) is 3.46. The summed E-state index contributed by atoms with van der Waals surface area (Å²) in [4.78, 5) is 30.0. The van der Waals surface area contributed by atoms with Crippen molar-refractivity contribution in [1.29, 1.82) is 0 Å². The summed E-state index contributed by atoms with van der Waals surface area (Å²) in [6.07, 6.45) is 3.31. The van der Waals surface area contributed by atoms with E-state index in [0.29, 0.717) is 11.3 Å². The van der Waals surface area contributed by atoms with Gasteiger partial charge in [-0.1, -0.05) is 31.2 Å². The molecule has 2 aromatic carbocycles. The van der Waals surface area contributed by atoms with Gasteiger partial charge in [0, 0.05) is 30.2 Å². The lowest BCUT2D eigenvalue weighted by Crippen LogP contribution is -2.26. The van der Waals surface area contributed by atoms with Crippen LogP contribution in [0.5, 0.6) is 0 Å². The van der Waals surface area contributed by atoms with Crippen LogP contribution in [0.3, 0.4) is 0 Å². The number of nitrogens with zero attached hydrogens (tertiary/aromatic N) is 3. The first kappa shape index (κ1) is 20.2. The molecule has 0 atom stereocenters. The Bertz CT molecular complexity index is 1260. The first-order valence-corrected chi connectivity index (χ1v) is 9.90.